The van der Waals surface area contributed by atoms with Gasteiger partial charge in [-0.15, -0.1) is 0 Å². The van der Waals surface area contributed by atoms with E-state index in [1.54, 1.807) is 18.6 Å². The molecule has 9 nitrogen and oxygen atoms in total. The van der Waals surface area contributed by atoms with Gasteiger partial charge in [0.15, 0.2) is 0 Å². The molecule has 9 heterocycles. The van der Waals surface area contributed by atoms with E-state index in [4.69, 9.17) is 15.0 Å². The van der Waals surface area contributed by atoms with Crippen LogP contribution in [0.5, 0.6) is 0 Å². The maximum Gasteiger partial charge on any atom is 0.612 e. The Bertz CT molecular complexity index is 2980. The number of pyridine rings is 3. The predicted octanol–water partition coefficient (Wildman–Crippen LogP) is 5.93. The van der Waals surface area contributed by atoms with Crippen molar-refractivity contribution in [1.82, 2.24) is 23.9 Å². The van der Waals surface area contributed by atoms with Crippen molar-refractivity contribution >= 4 is 52.0 Å². The van der Waals surface area contributed by atoms with Crippen LogP contribution in [-0.4, -0.2) is 47.2 Å². The van der Waals surface area contributed by atoms with Crippen molar-refractivity contribution in [3.8, 4) is 33.4 Å². The van der Waals surface area contributed by atoms with Gasteiger partial charge in [0.2, 0.25) is 11.3 Å². The molecule has 0 atom stereocenters. The number of nitrogens with zero attached hydrogens (tertiary/aromatic N) is 9. The van der Waals surface area contributed by atoms with E-state index in [0.717, 1.165) is 100 Å². The monoisotopic (exact) mass is 626 g/mol. The number of rotatable bonds is 3. The Morgan fingerprint density at radius 3 is 1.73 bits per heavy atom. The number of hydrogen-bond donors (Lipinski definition) is 0. The van der Waals surface area contributed by atoms with Crippen LogP contribution >= 0.6 is 0 Å². The number of aliphatic imine (C=N–C) groups is 1. The fourth-order valence-electron chi connectivity index (χ4n) is 7.98. The Balaban J connectivity index is 1.20. The summed E-state index contributed by atoms with van der Waals surface area (Å²) in [7, 11) is -0.259. The number of aromatic nitrogens is 5. The van der Waals surface area contributed by atoms with Crippen LogP contribution in [0.25, 0.3) is 54.9 Å². The number of hydrogen-bond acceptors (Lipinski definition) is 6. The van der Waals surface area contributed by atoms with Crippen LogP contribution in [0.1, 0.15) is 11.1 Å². The zero-order valence-corrected chi connectivity index (χ0v) is 25.7. The molecule has 10 heteroatoms. The van der Waals surface area contributed by atoms with Gasteiger partial charge in [-0.3, -0.25) is 23.9 Å². The van der Waals surface area contributed by atoms with Crippen molar-refractivity contribution in [2.24, 2.45) is 15.0 Å². The molecule has 0 saturated heterocycles. The van der Waals surface area contributed by atoms with Gasteiger partial charge in [-0.05, 0) is 71.3 Å². The molecule has 0 unspecified atom stereocenters. The summed E-state index contributed by atoms with van der Waals surface area (Å²) in [4.78, 5) is 29.5. The minimum Gasteiger partial charge on any atom is -0.283 e. The Morgan fingerprint density at radius 2 is 1.06 bits per heavy atom. The lowest BCUT2D eigenvalue weighted by atomic mass is 9.87. The Labute approximate surface area is 278 Å². The van der Waals surface area contributed by atoms with Crippen LogP contribution in [0.4, 0.5) is 11.6 Å². The summed E-state index contributed by atoms with van der Waals surface area (Å²) < 4.78 is 6.88. The summed E-state index contributed by atoms with van der Waals surface area (Å²) in [5.74, 6) is 3.58. The molecule has 0 fully saturated rings. The van der Waals surface area contributed by atoms with E-state index in [1.165, 1.54) is 0 Å². The van der Waals surface area contributed by atoms with Crippen LogP contribution < -0.4 is 11.0 Å². The molecule has 49 heavy (non-hydrogen) atoms. The quantitative estimate of drug-likeness (QED) is 0.228. The van der Waals surface area contributed by atoms with Crippen molar-refractivity contribution in [2.45, 2.75) is 0 Å². The highest BCUT2D eigenvalue weighted by Crippen LogP contribution is 2.45. The molecule has 0 N–H and O–H groups in total. The molecule has 8 aromatic rings. The van der Waals surface area contributed by atoms with Crippen molar-refractivity contribution in [3.63, 3.8) is 0 Å². The second-order valence-electron chi connectivity index (χ2n) is 12.7. The number of amidine groups is 2. The number of fused-ring (bicyclic) bond motifs is 9. The Kier molecular flexibility index (Phi) is 4.63. The molecule has 0 radical (unpaired) electrons. The first kappa shape index (κ1) is 25.3. The minimum atomic E-state index is -0.259. The van der Waals surface area contributed by atoms with E-state index in [0.29, 0.717) is 0 Å². The highest BCUT2D eigenvalue weighted by atomic mass is 15.4. The fraction of sp³-hybridized carbons (Fsp3) is 0. The third-order valence-electron chi connectivity index (χ3n) is 10.2. The molecule has 0 aliphatic carbocycles. The Morgan fingerprint density at radius 1 is 0.469 bits per heavy atom. The van der Waals surface area contributed by atoms with Crippen LogP contribution in [0.3, 0.4) is 0 Å². The normalized spacial score (nSPS) is 14.4. The van der Waals surface area contributed by atoms with Crippen molar-refractivity contribution < 1.29 is 4.49 Å². The maximum absolute atomic E-state index is 5.44. The third-order valence-corrected chi connectivity index (χ3v) is 10.2. The molecule has 12 rings (SSSR count). The summed E-state index contributed by atoms with van der Waals surface area (Å²) in [6, 6.07) is 31.9. The first-order valence-corrected chi connectivity index (χ1v) is 16.2. The van der Waals surface area contributed by atoms with Gasteiger partial charge in [0.05, 0.1) is 11.1 Å². The van der Waals surface area contributed by atoms with Gasteiger partial charge in [0.25, 0.3) is 11.7 Å². The third kappa shape index (κ3) is 3.22. The molecule has 0 spiro atoms. The standard InChI is InChI=1S/C39H21BN9/c1-4-25(19-41-13-1)22-7-10-28-31(16-22)37-44-35-29-11-8-23(26-5-2-14-42-20-26)17-32(29)39-46-36-30-12-9-24(27-6-3-15-43-21-27)18-33(30)38-45-34(28)47(37)40(48(35)39)49(36)38/h1-21H/q+1. The molecule has 0 saturated carbocycles. The fourth-order valence-corrected chi connectivity index (χ4v) is 7.98. The average Bonchev–Trinajstić information content (AvgIpc) is 3.79. The maximum atomic E-state index is 5.44. The van der Waals surface area contributed by atoms with Gasteiger partial charge in [0.1, 0.15) is 11.3 Å². The second kappa shape index (κ2) is 8.96. The molecule has 0 bridgehead atoms. The molecule has 5 aromatic heterocycles. The topological polar surface area (TPSA) is 88.6 Å². The van der Waals surface area contributed by atoms with E-state index in [1.807, 2.05) is 36.8 Å². The van der Waals surface area contributed by atoms with Crippen LogP contribution in [-0.2, 0) is 0 Å². The van der Waals surface area contributed by atoms with Crippen LogP contribution in [0.15, 0.2) is 143 Å². The smallest absolute Gasteiger partial charge is 0.283 e. The van der Waals surface area contributed by atoms with Crippen molar-refractivity contribution in [1.29, 1.82) is 0 Å². The van der Waals surface area contributed by atoms with Crippen molar-refractivity contribution in [3.05, 3.63) is 150 Å². The molecule has 4 aliphatic heterocycles. The molecule has 3 aromatic carbocycles. The van der Waals surface area contributed by atoms with Crippen LogP contribution in [0, 0.1) is 0 Å². The van der Waals surface area contributed by atoms with Gasteiger partial charge in [-0.25, -0.2) is 9.48 Å². The molecule has 4 aliphatic rings. The SMILES string of the molecule is c1cncc(-c2ccc3c(c2)C2=Nc4c5ccc(-c6cccnc6)cc5c5n4B4n6c(c7cc(-c8cccnc8)ccc7c6=N5)=NC3=[N+]42)c1. The van der Waals surface area contributed by atoms with E-state index in [9.17, 15) is 0 Å². The predicted molar refractivity (Wildman–Crippen MR) is 189 cm³/mol. The van der Waals surface area contributed by atoms with Gasteiger partial charge in [-0.2, -0.15) is 0 Å². The summed E-state index contributed by atoms with van der Waals surface area (Å²) >= 11 is 0. The van der Waals surface area contributed by atoms with Gasteiger partial charge >= 0.3 is 7.12 Å². The minimum absolute atomic E-state index is 0.259. The lowest BCUT2D eigenvalue weighted by molar-refractivity contribution is -0.257. The van der Waals surface area contributed by atoms with Crippen LogP contribution in [0.2, 0.25) is 0 Å². The lowest BCUT2D eigenvalue weighted by Crippen LogP contribution is -2.60. The molecular formula is C39H21BN9+. The average molecular weight is 626 g/mol. The van der Waals surface area contributed by atoms with E-state index in [-0.39, 0.29) is 7.12 Å². The zero-order valence-electron chi connectivity index (χ0n) is 25.7. The molecular weight excluding hydrogens is 605 g/mol. The molecule has 0 amide bonds. The Hall–Kier alpha value is -6.81. The second-order valence-corrected chi connectivity index (χ2v) is 12.7. The van der Waals surface area contributed by atoms with E-state index < -0.39 is 0 Å². The van der Waals surface area contributed by atoms with Crippen molar-refractivity contribution in [2.75, 3.05) is 0 Å². The first-order valence-electron chi connectivity index (χ1n) is 16.2. The highest BCUT2D eigenvalue weighted by Gasteiger charge is 2.54. The summed E-state index contributed by atoms with van der Waals surface area (Å²) in [5, 5.41) is 4.25. The number of benzene rings is 3. The van der Waals surface area contributed by atoms with Gasteiger partial charge in [-0.1, -0.05) is 46.4 Å². The van der Waals surface area contributed by atoms with Gasteiger partial charge in [0, 0.05) is 75.4 Å². The summed E-state index contributed by atoms with van der Waals surface area (Å²) in [5.41, 5.74) is 10.4. The lowest BCUT2D eigenvalue weighted by Gasteiger charge is -2.25. The van der Waals surface area contributed by atoms with Gasteiger partial charge < -0.3 is 0 Å². The largest absolute Gasteiger partial charge is 0.612 e. The van der Waals surface area contributed by atoms with E-state index in [2.05, 4.69) is 101 Å². The zero-order chi connectivity index (χ0) is 31.8. The van der Waals surface area contributed by atoms with E-state index >= 15 is 0 Å². The summed E-state index contributed by atoms with van der Waals surface area (Å²) in [6.45, 7) is 0. The first-order chi connectivity index (χ1) is 24.3. The highest BCUT2D eigenvalue weighted by molar-refractivity contribution is 6.55. The molecule has 224 valence electrons. The summed E-state index contributed by atoms with van der Waals surface area (Å²) in [6.07, 6.45) is 11.1.